The summed E-state index contributed by atoms with van der Waals surface area (Å²) in [7, 11) is 0. The largest absolute Gasteiger partial charge is 0.481 e. The molecule has 2 atom stereocenters. The van der Waals surface area contributed by atoms with Gasteiger partial charge in [0.2, 0.25) is 5.91 Å². The van der Waals surface area contributed by atoms with E-state index in [1.165, 1.54) is 0 Å². The van der Waals surface area contributed by atoms with Crippen molar-refractivity contribution in [1.29, 1.82) is 0 Å². The second kappa shape index (κ2) is 5.69. The van der Waals surface area contributed by atoms with Crippen LogP contribution < -0.4 is 5.32 Å². The van der Waals surface area contributed by atoms with Crippen molar-refractivity contribution in [1.82, 2.24) is 10.2 Å². The van der Waals surface area contributed by atoms with Crippen LogP contribution in [0, 0.1) is 17.3 Å². The van der Waals surface area contributed by atoms with Crippen LogP contribution in [-0.4, -0.2) is 48.1 Å². The lowest BCUT2D eigenvalue weighted by Crippen LogP contribution is -2.36. The molecule has 0 bridgehead atoms. The van der Waals surface area contributed by atoms with E-state index in [-0.39, 0.29) is 11.8 Å². The first-order valence-corrected chi connectivity index (χ1v) is 6.59. The molecular formula is C13H24N2O3. The predicted octanol–water partition coefficient (Wildman–Crippen LogP) is 0.801. The minimum absolute atomic E-state index is 0.125. The van der Waals surface area contributed by atoms with Crippen molar-refractivity contribution in [3.63, 3.8) is 0 Å². The summed E-state index contributed by atoms with van der Waals surface area (Å²) < 4.78 is 0. The van der Waals surface area contributed by atoms with Crippen LogP contribution in [0.25, 0.3) is 0 Å². The Hall–Kier alpha value is -1.10. The average molecular weight is 256 g/mol. The van der Waals surface area contributed by atoms with E-state index in [4.69, 9.17) is 5.11 Å². The summed E-state index contributed by atoms with van der Waals surface area (Å²) in [5, 5.41) is 11.8. The van der Waals surface area contributed by atoms with Gasteiger partial charge >= 0.3 is 5.97 Å². The van der Waals surface area contributed by atoms with Crippen molar-refractivity contribution in [3.8, 4) is 0 Å². The van der Waals surface area contributed by atoms with Crippen molar-refractivity contribution >= 4 is 11.9 Å². The molecule has 0 aromatic rings. The Morgan fingerprint density at radius 3 is 2.17 bits per heavy atom. The third-order valence-electron chi connectivity index (χ3n) is 4.00. The summed E-state index contributed by atoms with van der Waals surface area (Å²) in [6.45, 7) is 11.1. The Kier molecular flexibility index (Phi) is 4.73. The van der Waals surface area contributed by atoms with Crippen LogP contribution in [0.2, 0.25) is 0 Å². The molecule has 0 aromatic heterocycles. The van der Waals surface area contributed by atoms with E-state index in [1.807, 2.05) is 13.8 Å². The van der Waals surface area contributed by atoms with Gasteiger partial charge in [0.25, 0.3) is 0 Å². The van der Waals surface area contributed by atoms with E-state index < -0.39 is 17.3 Å². The van der Waals surface area contributed by atoms with E-state index in [0.717, 1.165) is 19.6 Å². The van der Waals surface area contributed by atoms with Crippen LogP contribution in [0.4, 0.5) is 0 Å². The minimum atomic E-state index is -0.871. The number of likely N-dealkylation sites (N-methyl/N-ethyl adjacent to an activating group) is 1. The lowest BCUT2D eigenvalue weighted by Gasteiger charge is -2.18. The van der Waals surface area contributed by atoms with Gasteiger partial charge in [-0.25, -0.2) is 0 Å². The Balaban J connectivity index is 2.37. The molecule has 0 aliphatic heterocycles. The standard InChI is InChI=1S/C13H24N2O3/c1-5-15(6-2)8-7-14-11(16)9-10(12(17)18)13(9,3)4/h9-10H,5-8H2,1-4H3,(H,14,16)(H,17,18)/t9-,10+/m1/s1. The Bertz CT molecular complexity index is 324. The van der Waals surface area contributed by atoms with Crippen molar-refractivity contribution in [2.75, 3.05) is 26.2 Å². The molecule has 0 radical (unpaired) electrons. The monoisotopic (exact) mass is 256 g/mol. The molecule has 1 aliphatic rings. The Morgan fingerprint density at radius 1 is 1.22 bits per heavy atom. The topological polar surface area (TPSA) is 69.6 Å². The first-order chi connectivity index (χ1) is 8.36. The lowest BCUT2D eigenvalue weighted by molar-refractivity contribution is -0.140. The highest BCUT2D eigenvalue weighted by Crippen LogP contribution is 2.58. The van der Waals surface area contributed by atoms with E-state index >= 15 is 0 Å². The maximum absolute atomic E-state index is 11.9. The highest BCUT2D eigenvalue weighted by Gasteiger charge is 2.65. The first kappa shape index (κ1) is 15.0. The summed E-state index contributed by atoms with van der Waals surface area (Å²) in [6, 6.07) is 0. The van der Waals surface area contributed by atoms with Crippen LogP contribution in [0.5, 0.6) is 0 Å². The summed E-state index contributed by atoms with van der Waals surface area (Å²) >= 11 is 0. The predicted molar refractivity (Wildman–Crippen MR) is 69.2 cm³/mol. The number of carbonyl (C=O) groups is 2. The quantitative estimate of drug-likeness (QED) is 0.707. The van der Waals surface area contributed by atoms with Crippen molar-refractivity contribution < 1.29 is 14.7 Å². The van der Waals surface area contributed by atoms with Crippen molar-refractivity contribution in [3.05, 3.63) is 0 Å². The maximum Gasteiger partial charge on any atom is 0.307 e. The SMILES string of the molecule is CCN(CC)CCNC(=O)[C@H]1[C@@H](C(=O)O)C1(C)C. The Labute approximate surface area is 109 Å². The van der Waals surface area contributed by atoms with E-state index in [9.17, 15) is 9.59 Å². The number of hydrogen-bond donors (Lipinski definition) is 2. The number of nitrogens with one attached hydrogen (secondary N) is 1. The fourth-order valence-corrected chi connectivity index (χ4v) is 2.57. The molecule has 1 amide bonds. The van der Waals surface area contributed by atoms with E-state index in [1.54, 1.807) is 0 Å². The van der Waals surface area contributed by atoms with Crippen molar-refractivity contribution in [2.24, 2.45) is 17.3 Å². The number of hydrogen-bond acceptors (Lipinski definition) is 3. The summed E-state index contributed by atoms with van der Waals surface area (Å²) in [4.78, 5) is 25.1. The van der Waals surface area contributed by atoms with Gasteiger partial charge in [0.1, 0.15) is 0 Å². The molecule has 0 spiro atoms. The molecular weight excluding hydrogens is 232 g/mol. The van der Waals surface area contributed by atoms with Gasteiger partial charge in [-0.2, -0.15) is 0 Å². The van der Waals surface area contributed by atoms with Crippen LogP contribution in [0.3, 0.4) is 0 Å². The molecule has 1 saturated carbocycles. The van der Waals surface area contributed by atoms with Crippen LogP contribution >= 0.6 is 0 Å². The van der Waals surface area contributed by atoms with Crippen LogP contribution in [-0.2, 0) is 9.59 Å². The number of nitrogens with zero attached hydrogens (tertiary/aromatic N) is 1. The van der Waals surface area contributed by atoms with Gasteiger partial charge in [-0.15, -0.1) is 0 Å². The number of carboxylic acid groups (broad SMARTS) is 1. The maximum atomic E-state index is 11.9. The number of rotatable bonds is 7. The summed E-state index contributed by atoms with van der Waals surface area (Å²) in [5.41, 5.74) is -0.412. The van der Waals surface area contributed by atoms with Gasteiger partial charge in [-0.3, -0.25) is 9.59 Å². The average Bonchev–Trinajstić information content (AvgIpc) is 2.88. The fraction of sp³-hybridized carbons (Fsp3) is 0.846. The zero-order chi connectivity index (χ0) is 13.9. The van der Waals surface area contributed by atoms with Gasteiger partial charge < -0.3 is 15.3 Å². The molecule has 2 N–H and O–H groups in total. The summed E-state index contributed by atoms with van der Waals surface area (Å²) in [5.74, 6) is -1.92. The molecule has 1 rings (SSSR count). The minimum Gasteiger partial charge on any atom is -0.481 e. The zero-order valence-corrected chi connectivity index (χ0v) is 11.7. The second-order valence-corrected chi connectivity index (χ2v) is 5.43. The van der Waals surface area contributed by atoms with Gasteiger partial charge in [-0.1, -0.05) is 27.7 Å². The van der Waals surface area contributed by atoms with Gasteiger partial charge in [0, 0.05) is 13.1 Å². The fourth-order valence-electron chi connectivity index (χ4n) is 2.57. The highest BCUT2D eigenvalue weighted by molar-refractivity contribution is 5.91. The molecule has 1 fully saturated rings. The Morgan fingerprint density at radius 2 is 1.78 bits per heavy atom. The molecule has 0 aromatic carbocycles. The van der Waals surface area contributed by atoms with Gasteiger partial charge in [0.15, 0.2) is 0 Å². The highest BCUT2D eigenvalue weighted by atomic mass is 16.4. The third-order valence-corrected chi connectivity index (χ3v) is 4.00. The van der Waals surface area contributed by atoms with E-state index in [0.29, 0.717) is 6.54 Å². The summed E-state index contributed by atoms with van der Waals surface area (Å²) in [6.07, 6.45) is 0. The van der Waals surface area contributed by atoms with E-state index in [2.05, 4.69) is 24.1 Å². The van der Waals surface area contributed by atoms with Gasteiger partial charge in [0.05, 0.1) is 11.8 Å². The normalized spacial score (nSPS) is 24.9. The van der Waals surface area contributed by atoms with Crippen LogP contribution in [0.1, 0.15) is 27.7 Å². The van der Waals surface area contributed by atoms with Gasteiger partial charge in [-0.05, 0) is 18.5 Å². The van der Waals surface area contributed by atoms with Crippen molar-refractivity contribution in [2.45, 2.75) is 27.7 Å². The molecule has 18 heavy (non-hydrogen) atoms. The second-order valence-electron chi connectivity index (χ2n) is 5.43. The molecule has 0 heterocycles. The molecule has 5 nitrogen and oxygen atoms in total. The molecule has 1 aliphatic carbocycles. The van der Waals surface area contributed by atoms with Crippen LogP contribution in [0.15, 0.2) is 0 Å². The number of carbonyl (C=O) groups excluding carboxylic acids is 1. The molecule has 5 heteroatoms. The zero-order valence-electron chi connectivity index (χ0n) is 11.7. The molecule has 104 valence electrons. The molecule has 0 saturated heterocycles. The number of aliphatic carboxylic acids is 1. The number of carboxylic acids is 1. The molecule has 0 unspecified atom stereocenters. The third kappa shape index (κ3) is 3.02. The first-order valence-electron chi connectivity index (χ1n) is 6.59. The smallest absolute Gasteiger partial charge is 0.307 e. The lowest BCUT2D eigenvalue weighted by atomic mass is 10.1. The number of amides is 1.